The van der Waals surface area contributed by atoms with E-state index < -0.39 is 41.7 Å². The number of methoxy groups -OCH3 is 2. The summed E-state index contributed by atoms with van der Waals surface area (Å²) in [4.78, 5) is 118. The molecule has 26 heteroatoms. The van der Waals surface area contributed by atoms with Crippen molar-refractivity contribution in [3.8, 4) is 11.5 Å². The second-order valence-corrected chi connectivity index (χ2v) is 27.6. The number of carboxylic acid groups (broad SMARTS) is 6. The summed E-state index contributed by atoms with van der Waals surface area (Å²) < 4.78 is 10.2. The Labute approximate surface area is 723 Å². The predicted molar refractivity (Wildman–Crippen MR) is 489 cm³/mol. The van der Waals surface area contributed by atoms with Gasteiger partial charge in [0, 0.05) is 73.7 Å². The molecule has 656 valence electrons. The van der Waals surface area contributed by atoms with Gasteiger partial charge in [0.25, 0.3) is 0 Å². The Kier molecular flexibility index (Phi) is 55.9. The maximum atomic E-state index is 11.2. The van der Waals surface area contributed by atoms with Gasteiger partial charge in [0.15, 0.2) is 11.5 Å². The number of hydrogen-bond acceptors (Lipinski definition) is 14. The van der Waals surface area contributed by atoms with Gasteiger partial charge in [0.2, 0.25) is 29.5 Å². The van der Waals surface area contributed by atoms with Crippen molar-refractivity contribution in [2.75, 3.05) is 40.8 Å². The number of aliphatic carboxylic acids is 2. The van der Waals surface area contributed by atoms with Crippen LogP contribution in [-0.4, -0.2) is 121 Å². The summed E-state index contributed by atoms with van der Waals surface area (Å²) >= 11 is 5.06. The number of aryl methyl sites for hydroxylation is 4. The van der Waals surface area contributed by atoms with Crippen LogP contribution in [0.15, 0.2) is 218 Å². The molecule has 12 N–H and O–H groups in total. The SMILES string of the molecule is CC(C)c1ccc(C(=O)O)cc1.CCC(=O)NC(C)C.CCC(=O)Nc1ccc(NC(C)=O)cc1.CCC(=O)Nc1ccc(OC)c(OC)c1.CCC(=S)Nc1ccc(NC(C)=O)cc1.CCCc1ccc(C(=O)O)cc1.CCc1ccc(C(=O)O)cc1.CCc1ccc(CC(=O)O)cc1.CCc1cccc(C(=O)O)c1.C[C@@H](C(=O)O)c1ccccc1. The van der Waals surface area contributed by atoms with Crippen LogP contribution in [0.4, 0.5) is 28.4 Å². The first kappa shape index (κ1) is 109. The highest BCUT2D eigenvalue weighted by molar-refractivity contribution is 7.80. The number of rotatable bonds is 26. The molecule has 9 rings (SSSR count). The van der Waals surface area contributed by atoms with Crippen molar-refractivity contribution in [2.24, 2.45) is 0 Å². The summed E-state index contributed by atoms with van der Waals surface area (Å²) in [6, 6.07) is 64.7. The van der Waals surface area contributed by atoms with Crippen LogP contribution in [0.5, 0.6) is 11.5 Å². The predicted octanol–water partition coefficient (Wildman–Crippen LogP) is 20.3. The van der Waals surface area contributed by atoms with Gasteiger partial charge in [0.05, 0.1) is 53.8 Å². The van der Waals surface area contributed by atoms with E-state index in [0.717, 1.165) is 88.5 Å². The fraction of sp³-hybridized carbons (Fsp3) is 0.312. The van der Waals surface area contributed by atoms with E-state index in [-0.39, 0.29) is 42.0 Å². The van der Waals surface area contributed by atoms with E-state index in [1.165, 1.54) is 30.5 Å². The molecule has 0 aliphatic heterocycles. The number of carboxylic acids is 6. The number of amides is 5. The van der Waals surface area contributed by atoms with E-state index in [1.54, 1.807) is 132 Å². The third-order valence-electron chi connectivity index (χ3n) is 16.6. The van der Waals surface area contributed by atoms with Crippen molar-refractivity contribution in [3.63, 3.8) is 0 Å². The molecular formula is C96H122N6O19S. The fourth-order valence-corrected chi connectivity index (χ4v) is 9.76. The summed E-state index contributed by atoms with van der Waals surface area (Å²) in [6.07, 6.45) is 7.34. The van der Waals surface area contributed by atoms with Crippen LogP contribution in [0, 0.1) is 0 Å². The van der Waals surface area contributed by atoms with Gasteiger partial charge >= 0.3 is 35.8 Å². The number of nitrogens with one attached hydrogen (secondary N) is 6. The smallest absolute Gasteiger partial charge is 0.335 e. The number of carbonyl (C=O) groups excluding carboxylic acids is 5. The largest absolute Gasteiger partial charge is 0.493 e. The molecule has 9 aromatic rings. The zero-order chi connectivity index (χ0) is 92.2. The molecule has 1 atom stereocenters. The number of anilines is 5. The van der Waals surface area contributed by atoms with Crippen LogP contribution < -0.4 is 41.4 Å². The molecule has 0 aromatic heterocycles. The minimum absolute atomic E-state index is 0.0257. The average molecular weight is 1700 g/mol. The molecule has 122 heavy (non-hydrogen) atoms. The fourth-order valence-electron chi connectivity index (χ4n) is 9.64. The molecular weight excluding hydrogens is 1570 g/mol. The number of ether oxygens (including phenoxy) is 2. The van der Waals surface area contributed by atoms with Gasteiger partial charge in [-0.15, -0.1) is 0 Å². The Balaban J connectivity index is 0.00000134. The van der Waals surface area contributed by atoms with Crippen molar-refractivity contribution in [1.29, 1.82) is 0 Å². The molecule has 0 heterocycles. The quantitative estimate of drug-likeness (QED) is 0.0224. The molecule has 0 saturated carbocycles. The molecule has 0 aliphatic rings. The summed E-state index contributed by atoms with van der Waals surface area (Å²) in [5.41, 5.74) is 12.8. The normalized spacial score (nSPS) is 9.89. The highest BCUT2D eigenvalue weighted by Crippen LogP contribution is 2.30. The van der Waals surface area contributed by atoms with Gasteiger partial charge in [-0.1, -0.05) is 191 Å². The zero-order valence-corrected chi connectivity index (χ0v) is 73.8. The first-order chi connectivity index (χ1) is 57.8. The summed E-state index contributed by atoms with van der Waals surface area (Å²) in [5.74, 6) is -3.83. The van der Waals surface area contributed by atoms with Crippen LogP contribution in [0.3, 0.4) is 0 Å². The van der Waals surface area contributed by atoms with Crippen LogP contribution in [0.25, 0.3) is 0 Å². The average Bonchev–Trinajstić information content (AvgIpc) is 0.862. The molecule has 0 aliphatic carbocycles. The number of carbonyl (C=O) groups is 11. The highest BCUT2D eigenvalue weighted by Gasteiger charge is 2.13. The van der Waals surface area contributed by atoms with Crippen molar-refractivity contribution in [2.45, 2.75) is 186 Å². The van der Waals surface area contributed by atoms with E-state index in [4.69, 9.17) is 52.3 Å². The van der Waals surface area contributed by atoms with E-state index >= 15 is 0 Å². The molecule has 0 fully saturated rings. The molecule has 0 spiro atoms. The molecule has 0 unspecified atom stereocenters. The van der Waals surface area contributed by atoms with E-state index in [0.29, 0.717) is 64.6 Å². The second-order valence-electron chi connectivity index (χ2n) is 27.1. The number of hydrogen-bond donors (Lipinski definition) is 12. The molecule has 9 aromatic carbocycles. The Bertz CT molecular complexity index is 4560. The van der Waals surface area contributed by atoms with Gasteiger partial charge in [-0.3, -0.25) is 33.6 Å². The lowest BCUT2D eigenvalue weighted by Crippen LogP contribution is -2.29. The molecule has 25 nitrogen and oxygen atoms in total. The topological polar surface area (TPSA) is 400 Å². The van der Waals surface area contributed by atoms with Gasteiger partial charge < -0.3 is 72.0 Å². The maximum absolute atomic E-state index is 11.2. The monoisotopic (exact) mass is 1690 g/mol. The third kappa shape index (κ3) is 49.8. The Morgan fingerprint density at radius 1 is 0.352 bits per heavy atom. The van der Waals surface area contributed by atoms with Crippen LogP contribution >= 0.6 is 12.2 Å². The van der Waals surface area contributed by atoms with E-state index in [9.17, 15) is 52.7 Å². The van der Waals surface area contributed by atoms with Crippen LogP contribution in [0.2, 0.25) is 0 Å². The third-order valence-corrected chi connectivity index (χ3v) is 17.0. The van der Waals surface area contributed by atoms with Crippen molar-refractivity contribution in [3.05, 3.63) is 280 Å². The summed E-state index contributed by atoms with van der Waals surface area (Å²) in [6.45, 7) is 28.3. The van der Waals surface area contributed by atoms with Crippen molar-refractivity contribution in [1.82, 2.24) is 5.32 Å². The number of benzene rings is 9. The lowest BCUT2D eigenvalue weighted by atomic mass is 10.0. The standard InChI is InChI=1S/C11H14N2O2.C11H14N2OS.C11H15NO3.3C10H12O2.3C9H10O2.C6H13NO/c2*1-3-11(15)13-10-6-4-9(5-7-10)12-8(2)14;1-4-11(13)12-8-5-6-9(14-2)10(7-8)15-3;1-7(2)8-3-5-9(6-4-8)10(11)12;1-2-8-3-5-9(6-4-8)7-10(11)12;1-2-3-8-4-6-9(7-5-8)10(11)12;1-7(9(10)11)8-5-3-2-4-6-8;1-2-7-3-5-8(6-4-7)9(10)11;1-2-7-4-3-5-8(6-7)9(10)11;1-4-6(8)7-5(2)3/h2*4-7H,3H2,1-2H3,(H,12,14)(H,13,15);5-7H,4H2,1-3H3,(H,12,13);3-7H,1-2H3,(H,11,12);3-6H,2,7H2,1H3,(H,11,12);4-7H,2-3H2,1H3,(H,11,12);2-7H,1H3,(H,10,11);2*3-6H,2H2,1H3,(H,10,11);5H,4H2,1-3H3,(H,7,8)/t;;;;;;7-;;;/m......1.../s1. The van der Waals surface area contributed by atoms with Crippen molar-refractivity contribution >= 4 is 111 Å². The Morgan fingerprint density at radius 2 is 0.730 bits per heavy atom. The van der Waals surface area contributed by atoms with Crippen molar-refractivity contribution < 1.29 is 92.9 Å². The minimum Gasteiger partial charge on any atom is -0.493 e. The van der Waals surface area contributed by atoms with Crippen LogP contribution in [-0.2, 0) is 65.7 Å². The van der Waals surface area contributed by atoms with Gasteiger partial charge in [0.1, 0.15) is 0 Å². The van der Waals surface area contributed by atoms with E-state index in [1.807, 2.05) is 163 Å². The van der Waals surface area contributed by atoms with Gasteiger partial charge in [-0.05, 0) is 207 Å². The first-order valence-corrected chi connectivity index (χ1v) is 40.3. The lowest BCUT2D eigenvalue weighted by molar-refractivity contribution is -0.138. The zero-order valence-electron chi connectivity index (χ0n) is 73.0. The lowest BCUT2D eigenvalue weighted by Gasteiger charge is -2.09. The van der Waals surface area contributed by atoms with E-state index in [2.05, 4.69) is 59.6 Å². The molecule has 5 amide bonds. The Morgan fingerprint density at radius 3 is 1.07 bits per heavy atom. The minimum atomic E-state index is -0.870. The maximum Gasteiger partial charge on any atom is 0.335 e. The first-order valence-electron chi connectivity index (χ1n) is 39.9. The molecule has 0 radical (unpaired) electrons. The number of aromatic carboxylic acids is 4. The number of thiocarbonyl (C=S) groups is 1. The van der Waals surface area contributed by atoms with Gasteiger partial charge in [-0.2, -0.15) is 0 Å². The highest BCUT2D eigenvalue weighted by atomic mass is 32.1. The molecule has 0 saturated heterocycles. The summed E-state index contributed by atoms with van der Waals surface area (Å²) in [5, 5.41) is 68.2. The second kappa shape index (κ2) is 62.8. The summed E-state index contributed by atoms with van der Waals surface area (Å²) in [7, 11) is 3.13. The van der Waals surface area contributed by atoms with Crippen LogP contribution in [0.1, 0.15) is 228 Å². The van der Waals surface area contributed by atoms with Gasteiger partial charge in [-0.25, -0.2) is 19.2 Å². The molecule has 0 bridgehead atoms. The Hall–Kier alpha value is -13.4.